The number of aryl methyl sites for hydroxylation is 2. The molecule has 0 aliphatic heterocycles. The topological polar surface area (TPSA) is 120 Å². The molecule has 3 aliphatic rings. The van der Waals surface area contributed by atoms with Gasteiger partial charge in [0.1, 0.15) is 23.7 Å². The van der Waals surface area contributed by atoms with Crippen LogP contribution in [0.15, 0.2) is 12.1 Å². The zero-order chi connectivity index (χ0) is 24.7. The summed E-state index contributed by atoms with van der Waals surface area (Å²) in [4.78, 5) is 30.3. The molecule has 1 amide bonds. The molecule has 10 nitrogen and oxygen atoms in total. The summed E-state index contributed by atoms with van der Waals surface area (Å²) < 4.78 is 13.3. The number of carbonyl (C=O) groups is 2. The molecule has 10 heteroatoms. The van der Waals surface area contributed by atoms with Crippen LogP contribution in [0.5, 0.6) is 5.75 Å². The first kappa shape index (κ1) is 23.6. The number of aromatic nitrogens is 4. The highest BCUT2D eigenvalue weighted by Crippen LogP contribution is 2.53. The Labute approximate surface area is 204 Å². The largest absolute Gasteiger partial charge is 0.488 e. The summed E-state index contributed by atoms with van der Waals surface area (Å²) in [7, 11) is 3.52. The standard InChI is InChI=1S/C25H33N5O5/c1-14-22(35-17-9-16-10-18(16)19(11-17)24(31)32)8-7-20(26-14)23-21(30(3)28-27-23)13-34-25(33)29(2)12-15-5-4-6-15/h7-8,15-19H,4-6,9-13H2,1-3H3,(H,31,32)/t16-,17-,18+,19+/m0/s1. The molecule has 3 aliphatic carbocycles. The number of hydrogen-bond donors (Lipinski definition) is 1. The van der Waals surface area contributed by atoms with E-state index in [1.165, 1.54) is 19.3 Å². The number of pyridine rings is 1. The lowest BCUT2D eigenvalue weighted by Crippen LogP contribution is -2.34. The molecule has 4 atom stereocenters. The van der Waals surface area contributed by atoms with E-state index in [9.17, 15) is 14.7 Å². The number of carboxylic acid groups (broad SMARTS) is 1. The van der Waals surface area contributed by atoms with Gasteiger partial charge in [-0.25, -0.2) is 14.5 Å². The second-order valence-electron chi connectivity index (χ2n) is 10.3. The number of carbonyl (C=O) groups excluding carboxylic acids is 1. The fourth-order valence-corrected chi connectivity index (χ4v) is 5.41. The third-order valence-electron chi connectivity index (χ3n) is 7.81. The van der Waals surface area contributed by atoms with Gasteiger partial charge >= 0.3 is 12.1 Å². The highest BCUT2D eigenvalue weighted by Gasteiger charge is 2.52. The first-order valence-electron chi connectivity index (χ1n) is 12.4. The molecular formula is C25H33N5O5. The Bertz CT molecular complexity index is 1110. The number of hydrogen-bond acceptors (Lipinski definition) is 7. The third kappa shape index (κ3) is 4.97. The summed E-state index contributed by atoms with van der Waals surface area (Å²) >= 11 is 0. The lowest BCUT2D eigenvalue weighted by molar-refractivity contribution is -0.144. The van der Waals surface area contributed by atoms with Crippen LogP contribution in [0, 0.1) is 30.6 Å². The number of fused-ring (bicyclic) bond motifs is 1. The molecule has 0 bridgehead atoms. The molecule has 0 unspecified atom stereocenters. The first-order valence-corrected chi connectivity index (χ1v) is 12.4. The van der Waals surface area contributed by atoms with Crippen LogP contribution in [0.4, 0.5) is 4.79 Å². The number of aliphatic carboxylic acids is 1. The SMILES string of the molecule is Cc1nc(-c2nnn(C)c2COC(=O)N(C)CC2CCC2)ccc1O[C@H]1C[C@H]2C[C@H]2[C@H](C(=O)O)C1. The molecule has 1 N–H and O–H groups in total. The van der Waals surface area contributed by atoms with Crippen LogP contribution in [-0.4, -0.2) is 61.7 Å². The first-order chi connectivity index (χ1) is 16.8. The fourth-order valence-electron chi connectivity index (χ4n) is 5.41. The summed E-state index contributed by atoms with van der Waals surface area (Å²) in [5.41, 5.74) is 2.53. The second kappa shape index (κ2) is 9.47. The van der Waals surface area contributed by atoms with Crippen molar-refractivity contribution in [2.75, 3.05) is 13.6 Å². The van der Waals surface area contributed by atoms with Crippen LogP contribution in [0.3, 0.4) is 0 Å². The van der Waals surface area contributed by atoms with E-state index < -0.39 is 5.97 Å². The zero-order valence-corrected chi connectivity index (χ0v) is 20.5. The van der Waals surface area contributed by atoms with E-state index in [4.69, 9.17) is 9.47 Å². The van der Waals surface area contributed by atoms with Crippen LogP contribution in [0.2, 0.25) is 0 Å². The average Bonchev–Trinajstić information content (AvgIpc) is 3.49. The Morgan fingerprint density at radius 2 is 2.03 bits per heavy atom. The maximum Gasteiger partial charge on any atom is 0.409 e. The van der Waals surface area contributed by atoms with E-state index in [-0.39, 0.29) is 24.7 Å². The number of nitrogens with zero attached hydrogens (tertiary/aromatic N) is 5. The monoisotopic (exact) mass is 483 g/mol. The molecule has 5 rings (SSSR count). The molecule has 3 saturated carbocycles. The summed E-state index contributed by atoms with van der Waals surface area (Å²) in [6.45, 7) is 2.63. The van der Waals surface area contributed by atoms with Gasteiger partial charge in [-0.05, 0) is 68.9 Å². The molecule has 0 aromatic carbocycles. The molecule has 2 heterocycles. The summed E-state index contributed by atoms with van der Waals surface area (Å²) in [5.74, 6) is 0.960. The van der Waals surface area contributed by atoms with Crippen LogP contribution in [-0.2, 0) is 23.2 Å². The van der Waals surface area contributed by atoms with Gasteiger partial charge in [0.25, 0.3) is 0 Å². The van der Waals surface area contributed by atoms with E-state index in [0.29, 0.717) is 59.2 Å². The maximum absolute atomic E-state index is 12.4. The van der Waals surface area contributed by atoms with Gasteiger partial charge in [0.2, 0.25) is 0 Å². The minimum Gasteiger partial charge on any atom is -0.488 e. The molecule has 188 valence electrons. The van der Waals surface area contributed by atoms with Crippen molar-refractivity contribution >= 4 is 12.1 Å². The van der Waals surface area contributed by atoms with Crippen molar-refractivity contribution in [2.45, 2.75) is 58.2 Å². The van der Waals surface area contributed by atoms with Crippen LogP contribution in [0.25, 0.3) is 11.4 Å². The molecular weight excluding hydrogens is 450 g/mol. The Hall–Kier alpha value is -3.17. The van der Waals surface area contributed by atoms with Gasteiger partial charge < -0.3 is 19.5 Å². The summed E-state index contributed by atoms with van der Waals surface area (Å²) in [6, 6.07) is 3.67. The Kier molecular flexibility index (Phi) is 6.37. The summed E-state index contributed by atoms with van der Waals surface area (Å²) in [6.07, 6.45) is 5.51. The van der Waals surface area contributed by atoms with Crippen LogP contribution in [0.1, 0.15) is 49.9 Å². The van der Waals surface area contributed by atoms with Crippen molar-refractivity contribution in [1.29, 1.82) is 0 Å². The van der Waals surface area contributed by atoms with Crippen molar-refractivity contribution in [3.8, 4) is 17.1 Å². The van der Waals surface area contributed by atoms with E-state index in [1.807, 2.05) is 19.1 Å². The number of amides is 1. The minimum atomic E-state index is -0.721. The highest BCUT2D eigenvalue weighted by molar-refractivity contribution is 5.71. The third-order valence-corrected chi connectivity index (χ3v) is 7.81. The van der Waals surface area contributed by atoms with Crippen molar-refractivity contribution in [3.05, 3.63) is 23.5 Å². The Balaban J connectivity index is 1.24. The van der Waals surface area contributed by atoms with Gasteiger partial charge in [0, 0.05) is 20.6 Å². The molecule has 35 heavy (non-hydrogen) atoms. The van der Waals surface area contributed by atoms with Gasteiger partial charge in [0.15, 0.2) is 0 Å². The van der Waals surface area contributed by atoms with E-state index >= 15 is 0 Å². The Morgan fingerprint density at radius 3 is 2.71 bits per heavy atom. The van der Waals surface area contributed by atoms with E-state index in [2.05, 4.69) is 15.3 Å². The van der Waals surface area contributed by atoms with Gasteiger partial charge in [-0.1, -0.05) is 11.6 Å². The molecule has 0 radical (unpaired) electrons. The van der Waals surface area contributed by atoms with Crippen molar-refractivity contribution in [1.82, 2.24) is 24.9 Å². The number of carboxylic acids is 1. The maximum atomic E-state index is 12.4. The van der Waals surface area contributed by atoms with Crippen molar-refractivity contribution in [3.63, 3.8) is 0 Å². The molecule has 0 saturated heterocycles. The molecule has 3 fully saturated rings. The zero-order valence-electron chi connectivity index (χ0n) is 20.5. The predicted octanol–water partition coefficient (Wildman–Crippen LogP) is 3.43. The van der Waals surface area contributed by atoms with Gasteiger partial charge in [0.05, 0.1) is 23.4 Å². The van der Waals surface area contributed by atoms with E-state index in [0.717, 1.165) is 12.8 Å². The van der Waals surface area contributed by atoms with Crippen molar-refractivity contribution < 1.29 is 24.2 Å². The lowest BCUT2D eigenvalue weighted by atomic mass is 9.85. The number of ether oxygens (including phenoxy) is 2. The molecule has 2 aromatic rings. The van der Waals surface area contributed by atoms with Crippen molar-refractivity contribution in [2.24, 2.45) is 30.7 Å². The van der Waals surface area contributed by atoms with Gasteiger partial charge in [-0.15, -0.1) is 5.10 Å². The minimum absolute atomic E-state index is 0.0485. The lowest BCUT2D eigenvalue weighted by Gasteiger charge is -2.29. The second-order valence-corrected chi connectivity index (χ2v) is 10.3. The van der Waals surface area contributed by atoms with Gasteiger partial charge in [-0.2, -0.15) is 0 Å². The van der Waals surface area contributed by atoms with Crippen LogP contribution >= 0.6 is 0 Å². The molecule has 0 spiro atoms. The average molecular weight is 484 g/mol. The normalized spacial score (nSPS) is 25.3. The quantitative estimate of drug-likeness (QED) is 0.606. The molecule has 2 aromatic heterocycles. The van der Waals surface area contributed by atoms with E-state index in [1.54, 1.807) is 23.7 Å². The fraction of sp³-hybridized carbons (Fsp3) is 0.640. The highest BCUT2D eigenvalue weighted by atomic mass is 16.6. The van der Waals surface area contributed by atoms with Gasteiger partial charge in [-0.3, -0.25) is 4.79 Å². The summed E-state index contributed by atoms with van der Waals surface area (Å²) in [5, 5.41) is 17.9. The predicted molar refractivity (Wildman–Crippen MR) is 125 cm³/mol. The Morgan fingerprint density at radius 1 is 1.23 bits per heavy atom. The number of rotatable bonds is 8. The van der Waals surface area contributed by atoms with Crippen LogP contribution < -0.4 is 4.74 Å². The smallest absolute Gasteiger partial charge is 0.409 e.